The summed E-state index contributed by atoms with van der Waals surface area (Å²) in [5.74, 6) is 0. The Bertz CT molecular complexity index is 275. The molecule has 0 aromatic carbocycles. The summed E-state index contributed by atoms with van der Waals surface area (Å²) in [6.07, 6.45) is -2.23. The van der Waals surface area contributed by atoms with Crippen LogP contribution >= 0.6 is 7.60 Å². The van der Waals surface area contributed by atoms with Gasteiger partial charge < -0.3 is 19.5 Å². The highest BCUT2D eigenvalue weighted by Crippen LogP contribution is 2.45. The lowest BCUT2D eigenvalue weighted by atomic mass is 9.93. The third-order valence-corrected chi connectivity index (χ3v) is 3.96. The van der Waals surface area contributed by atoms with E-state index in [4.69, 9.17) is 14.0 Å². The van der Waals surface area contributed by atoms with Gasteiger partial charge in [-0.3, -0.25) is 9.09 Å². The van der Waals surface area contributed by atoms with E-state index in [0.717, 1.165) is 0 Å². The first-order valence-electron chi connectivity index (χ1n) is 5.24. The van der Waals surface area contributed by atoms with Crippen molar-refractivity contribution in [3.63, 3.8) is 0 Å². The molecule has 5 atom stereocenters. The SMILES string of the molecule is B[C@@H]1O[C@H](COC)C(OP(=O)(O)CC)[C@@H]1O. The molecule has 1 heterocycles. The predicted octanol–water partition coefficient (Wildman–Crippen LogP) is -1.06. The number of hydrogen-bond donors (Lipinski definition) is 2. The van der Waals surface area contributed by atoms with E-state index in [0.29, 0.717) is 0 Å². The van der Waals surface area contributed by atoms with Gasteiger partial charge in [0, 0.05) is 13.3 Å². The maximum atomic E-state index is 11.5. The first-order valence-corrected chi connectivity index (χ1v) is 7.00. The minimum absolute atomic E-state index is 0.00427. The van der Waals surface area contributed by atoms with Crippen LogP contribution in [-0.4, -0.2) is 62.0 Å². The molecule has 0 radical (unpaired) electrons. The molecule has 0 aliphatic carbocycles. The summed E-state index contributed by atoms with van der Waals surface area (Å²) in [7, 11) is -0.463. The Morgan fingerprint density at radius 2 is 2.19 bits per heavy atom. The van der Waals surface area contributed by atoms with Crippen LogP contribution in [0.4, 0.5) is 0 Å². The summed E-state index contributed by atoms with van der Waals surface area (Å²) in [6.45, 7) is 1.77. The molecule has 1 aliphatic heterocycles. The summed E-state index contributed by atoms with van der Waals surface area (Å²) in [4.78, 5) is 9.40. The Balaban J connectivity index is 2.70. The van der Waals surface area contributed by atoms with Crippen molar-refractivity contribution in [2.24, 2.45) is 0 Å². The van der Waals surface area contributed by atoms with Crippen LogP contribution in [0.25, 0.3) is 0 Å². The van der Waals surface area contributed by atoms with E-state index in [9.17, 15) is 14.6 Å². The molecule has 2 unspecified atom stereocenters. The van der Waals surface area contributed by atoms with Crippen LogP contribution in [0.3, 0.4) is 0 Å². The van der Waals surface area contributed by atoms with Gasteiger partial charge in [-0.1, -0.05) is 6.92 Å². The van der Waals surface area contributed by atoms with Crippen LogP contribution in [0.2, 0.25) is 0 Å². The number of methoxy groups -OCH3 is 1. The quantitative estimate of drug-likeness (QED) is 0.479. The standard InChI is InChI=1S/C8H18BO6P/c1-3-16(11,12)15-7-5(4-13-2)14-8(9)6(7)10/h5-8,10H,3-4,9H2,1-2H3,(H,11,12)/t5-,6+,7?,8-/m1/s1. The lowest BCUT2D eigenvalue weighted by Crippen LogP contribution is -2.36. The van der Waals surface area contributed by atoms with Gasteiger partial charge in [-0.15, -0.1) is 0 Å². The highest BCUT2D eigenvalue weighted by molar-refractivity contribution is 7.52. The van der Waals surface area contributed by atoms with Crippen molar-refractivity contribution < 1.29 is 28.6 Å². The average molecular weight is 252 g/mol. The maximum Gasteiger partial charge on any atom is 0.328 e. The molecule has 6 nitrogen and oxygen atoms in total. The fourth-order valence-electron chi connectivity index (χ4n) is 1.61. The molecule has 94 valence electrons. The van der Waals surface area contributed by atoms with Crippen molar-refractivity contribution in [3.05, 3.63) is 0 Å². The van der Waals surface area contributed by atoms with Crippen molar-refractivity contribution in [3.8, 4) is 0 Å². The average Bonchev–Trinajstić information content (AvgIpc) is 2.47. The highest BCUT2D eigenvalue weighted by Gasteiger charge is 2.44. The second-order valence-corrected chi connectivity index (χ2v) is 5.97. The molecular weight excluding hydrogens is 234 g/mol. The van der Waals surface area contributed by atoms with Gasteiger partial charge in [0.15, 0.2) is 0 Å². The number of aliphatic hydroxyl groups excluding tert-OH is 1. The van der Waals surface area contributed by atoms with Crippen LogP contribution in [0.5, 0.6) is 0 Å². The fourth-order valence-corrected chi connectivity index (χ4v) is 2.40. The van der Waals surface area contributed by atoms with Gasteiger partial charge in [-0.25, -0.2) is 0 Å². The molecule has 1 saturated heterocycles. The maximum absolute atomic E-state index is 11.5. The topological polar surface area (TPSA) is 85.2 Å². The van der Waals surface area contributed by atoms with E-state index in [1.165, 1.54) is 7.11 Å². The van der Waals surface area contributed by atoms with Crippen LogP contribution in [0.15, 0.2) is 0 Å². The van der Waals surface area contributed by atoms with Gasteiger partial charge in [0.2, 0.25) is 0 Å². The van der Waals surface area contributed by atoms with E-state index in [1.54, 1.807) is 14.8 Å². The minimum atomic E-state index is -3.64. The molecule has 0 aromatic rings. The second-order valence-electron chi connectivity index (χ2n) is 3.85. The molecular formula is C8H18BO6P. The van der Waals surface area contributed by atoms with Crippen molar-refractivity contribution in [1.29, 1.82) is 0 Å². The first kappa shape index (κ1) is 14.2. The molecule has 1 aliphatic rings. The third-order valence-electron chi connectivity index (χ3n) is 2.59. The van der Waals surface area contributed by atoms with Crippen molar-refractivity contribution in [2.75, 3.05) is 19.9 Å². The van der Waals surface area contributed by atoms with E-state index in [2.05, 4.69) is 0 Å². The molecule has 0 aromatic heterocycles. The number of rotatable bonds is 5. The van der Waals surface area contributed by atoms with Crippen LogP contribution in [0.1, 0.15) is 6.92 Å². The van der Waals surface area contributed by atoms with Crippen molar-refractivity contribution >= 4 is 15.4 Å². The van der Waals surface area contributed by atoms with Gasteiger partial charge in [0.25, 0.3) is 0 Å². The summed E-state index contributed by atoms with van der Waals surface area (Å²) < 4.78 is 26.8. The number of aliphatic hydroxyl groups is 1. The number of ether oxygens (including phenoxy) is 2. The van der Waals surface area contributed by atoms with Gasteiger partial charge in [-0.2, -0.15) is 0 Å². The summed E-state index contributed by atoms with van der Waals surface area (Å²) >= 11 is 0. The highest BCUT2D eigenvalue weighted by atomic mass is 31.2. The molecule has 0 amide bonds. The minimum Gasteiger partial charge on any atom is -0.388 e. The molecule has 0 bridgehead atoms. The zero-order valence-electron chi connectivity index (χ0n) is 9.70. The zero-order valence-corrected chi connectivity index (χ0v) is 10.6. The van der Waals surface area contributed by atoms with E-state index >= 15 is 0 Å². The zero-order chi connectivity index (χ0) is 12.3. The Labute approximate surface area is 95.8 Å². The summed E-state index contributed by atoms with van der Waals surface area (Å²) in [5, 5.41) is 9.78. The Morgan fingerprint density at radius 3 is 2.69 bits per heavy atom. The normalized spacial score (nSPS) is 38.5. The van der Waals surface area contributed by atoms with Gasteiger partial charge >= 0.3 is 7.60 Å². The van der Waals surface area contributed by atoms with Crippen LogP contribution in [-0.2, 0) is 18.6 Å². The van der Waals surface area contributed by atoms with E-state index in [-0.39, 0.29) is 12.8 Å². The van der Waals surface area contributed by atoms with Crippen LogP contribution < -0.4 is 0 Å². The second kappa shape index (κ2) is 5.62. The lowest BCUT2D eigenvalue weighted by Gasteiger charge is -2.22. The summed E-state index contributed by atoms with van der Waals surface area (Å²) in [5.41, 5.74) is 0. The number of hydrogen-bond acceptors (Lipinski definition) is 5. The van der Waals surface area contributed by atoms with Crippen LogP contribution in [0, 0.1) is 0 Å². The monoisotopic (exact) mass is 252 g/mol. The molecule has 2 N–H and O–H groups in total. The van der Waals surface area contributed by atoms with E-state index < -0.39 is 31.9 Å². The Hall–Kier alpha value is 0.0949. The van der Waals surface area contributed by atoms with Gasteiger partial charge in [0.05, 0.1) is 12.6 Å². The van der Waals surface area contributed by atoms with Crippen molar-refractivity contribution in [2.45, 2.75) is 31.2 Å². The molecule has 16 heavy (non-hydrogen) atoms. The molecule has 0 spiro atoms. The molecule has 0 saturated carbocycles. The van der Waals surface area contributed by atoms with Crippen molar-refractivity contribution in [1.82, 2.24) is 0 Å². The first-order chi connectivity index (χ1) is 7.41. The predicted molar refractivity (Wildman–Crippen MR) is 60.3 cm³/mol. The van der Waals surface area contributed by atoms with E-state index in [1.807, 2.05) is 0 Å². The lowest BCUT2D eigenvalue weighted by molar-refractivity contribution is -0.0147. The Kier molecular flexibility index (Phi) is 4.97. The smallest absolute Gasteiger partial charge is 0.328 e. The molecule has 1 fully saturated rings. The fraction of sp³-hybridized carbons (Fsp3) is 1.00. The largest absolute Gasteiger partial charge is 0.388 e. The molecule has 1 rings (SSSR count). The third kappa shape index (κ3) is 3.29. The van der Waals surface area contributed by atoms with Gasteiger partial charge in [0.1, 0.15) is 26.2 Å². The molecule has 8 heteroatoms. The Morgan fingerprint density at radius 1 is 1.56 bits per heavy atom. The summed E-state index contributed by atoms with van der Waals surface area (Å²) in [6, 6.07) is -0.429. The van der Waals surface area contributed by atoms with Gasteiger partial charge in [-0.05, 0) is 0 Å².